The SMILES string of the molecule is CC[C@@H](N)CC(N)=O. The second kappa shape index (κ2) is 3.43. The molecule has 0 rings (SSSR count). The first-order chi connectivity index (χ1) is 3.66. The minimum Gasteiger partial charge on any atom is -0.370 e. The van der Waals surface area contributed by atoms with Gasteiger partial charge in [0, 0.05) is 12.5 Å². The van der Waals surface area contributed by atoms with Crippen LogP contribution in [0.5, 0.6) is 0 Å². The Balaban J connectivity index is 3.24. The molecule has 0 aromatic heterocycles. The summed E-state index contributed by atoms with van der Waals surface area (Å²) in [5.74, 6) is -0.320. The molecule has 0 saturated heterocycles. The third-order valence-corrected chi connectivity index (χ3v) is 0.988. The van der Waals surface area contributed by atoms with E-state index in [2.05, 4.69) is 0 Å². The fourth-order valence-electron chi connectivity index (χ4n) is 0.403. The summed E-state index contributed by atoms with van der Waals surface area (Å²) in [6.07, 6.45) is 1.11. The number of rotatable bonds is 3. The van der Waals surface area contributed by atoms with Gasteiger partial charge in [0.1, 0.15) is 0 Å². The lowest BCUT2D eigenvalue weighted by atomic mass is 10.2. The second-order valence-corrected chi connectivity index (χ2v) is 1.84. The smallest absolute Gasteiger partial charge is 0.218 e. The first-order valence-corrected chi connectivity index (χ1v) is 2.70. The lowest BCUT2D eigenvalue weighted by Gasteiger charge is -2.02. The molecule has 48 valence electrons. The molecule has 3 nitrogen and oxygen atoms in total. The van der Waals surface area contributed by atoms with Crippen LogP contribution in [-0.4, -0.2) is 11.9 Å². The third kappa shape index (κ3) is 3.61. The van der Waals surface area contributed by atoms with Gasteiger partial charge < -0.3 is 11.5 Å². The van der Waals surface area contributed by atoms with Crippen molar-refractivity contribution in [2.24, 2.45) is 11.5 Å². The molecule has 1 atom stereocenters. The molecule has 0 unspecified atom stereocenters. The topological polar surface area (TPSA) is 69.1 Å². The molecule has 0 heterocycles. The van der Waals surface area contributed by atoms with E-state index in [1.807, 2.05) is 6.92 Å². The molecule has 0 aliphatic carbocycles. The highest BCUT2D eigenvalue weighted by atomic mass is 16.1. The zero-order chi connectivity index (χ0) is 6.57. The Hall–Kier alpha value is -0.570. The highest BCUT2D eigenvalue weighted by molar-refractivity contribution is 5.74. The van der Waals surface area contributed by atoms with Gasteiger partial charge in [-0.05, 0) is 6.42 Å². The second-order valence-electron chi connectivity index (χ2n) is 1.84. The summed E-state index contributed by atoms with van der Waals surface area (Å²) in [4.78, 5) is 10.1. The Bertz CT molecular complexity index is 82.5. The number of hydrogen-bond acceptors (Lipinski definition) is 2. The van der Waals surface area contributed by atoms with Gasteiger partial charge in [-0.2, -0.15) is 0 Å². The fraction of sp³-hybridized carbons (Fsp3) is 0.800. The minimum atomic E-state index is -0.320. The lowest BCUT2D eigenvalue weighted by Crippen LogP contribution is -2.26. The monoisotopic (exact) mass is 116 g/mol. The molecular formula is C5H12N2O. The normalized spacial score (nSPS) is 13.2. The molecule has 3 heteroatoms. The van der Waals surface area contributed by atoms with Crippen LogP contribution >= 0.6 is 0 Å². The zero-order valence-corrected chi connectivity index (χ0v) is 5.05. The first-order valence-electron chi connectivity index (χ1n) is 2.70. The van der Waals surface area contributed by atoms with Crippen molar-refractivity contribution in [3.63, 3.8) is 0 Å². The van der Waals surface area contributed by atoms with Crippen molar-refractivity contribution in [1.82, 2.24) is 0 Å². The molecule has 0 aromatic carbocycles. The van der Waals surface area contributed by atoms with Gasteiger partial charge in [-0.1, -0.05) is 6.92 Å². The van der Waals surface area contributed by atoms with E-state index in [0.717, 1.165) is 6.42 Å². The van der Waals surface area contributed by atoms with Gasteiger partial charge in [0.2, 0.25) is 5.91 Å². The molecule has 0 radical (unpaired) electrons. The van der Waals surface area contributed by atoms with Crippen molar-refractivity contribution in [1.29, 1.82) is 0 Å². The van der Waals surface area contributed by atoms with Gasteiger partial charge in [-0.25, -0.2) is 0 Å². The van der Waals surface area contributed by atoms with Crippen molar-refractivity contribution in [2.75, 3.05) is 0 Å². The number of nitrogens with two attached hydrogens (primary N) is 2. The quantitative estimate of drug-likeness (QED) is 0.526. The largest absolute Gasteiger partial charge is 0.370 e. The zero-order valence-electron chi connectivity index (χ0n) is 5.05. The van der Waals surface area contributed by atoms with Gasteiger partial charge >= 0.3 is 0 Å². The van der Waals surface area contributed by atoms with E-state index in [0.29, 0.717) is 6.42 Å². The predicted octanol–water partition coefficient (Wildman–Crippen LogP) is -0.401. The number of hydrogen-bond donors (Lipinski definition) is 2. The van der Waals surface area contributed by atoms with Crippen molar-refractivity contribution < 1.29 is 4.79 Å². The molecule has 0 aliphatic heterocycles. The predicted molar refractivity (Wildman–Crippen MR) is 32.1 cm³/mol. The minimum absolute atomic E-state index is 0.0486. The molecule has 0 bridgehead atoms. The molecule has 8 heavy (non-hydrogen) atoms. The van der Waals surface area contributed by atoms with Crippen molar-refractivity contribution in [3.05, 3.63) is 0 Å². The number of carbonyl (C=O) groups is 1. The Morgan fingerprint density at radius 2 is 2.25 bits per heavy atom. The van der Waals surface area contributed by atoms with Crippen LogP contribution in [0.15, 0.2) is 0 Å². The van der Waals surface area contributed by atoms with Gasteiger partial charge in [0.25, 0.3) is 0 Å². The highest BCUT2D eigenvalue weighted by Gasteiger charge is 2.01. The highest BCUT2D eigenvalue weighted by Crippen LogP contribution is 1.89. The first kappa shape index (κ1) is 7.43. The number of amides is 1. The Morgan fingerprint density at radius 1 is 1.75 bits per heavy atom. The molecular weight excluding hydrogens is 104 g/mol. The summed E-state index contributed by atoms with van der Waals surface area (Å²) < 4.78 is 0. The molecule has 4 N–H and O–H groups in total. The van der Waals surface area contributed by atoms with E-state index in [1.54, 1.807) is 0 Å². The summed E-state index contributed by atoms with van der Waals surface area (Å²) in [6, 6.07) is -0.0486. The van der Waals surface area contributed by atoms with Crippen LogP contribution in [0.25, 0.3) is 0 Å². The van der Waals surface area contributed by atoms with Crippen LogP contribution < -0.4 is 11.5 Å². The van der Waals surface area contributed by atoms with Crippen LogP contribution in [-0.2, 0) is 4.79 Å². The molecule has 0 aliphatic rings. The Morgan fingerprint density at radius 3 is 2.38 bits per heavy atom. The fourth-order valence-corrected chi connectivity index (χ4v) is 0.403. The molecule has 0 fully saturated rings. The lowest BCUT2D eigenvalue weighted by molar-refractivity contribution is -0.118. The summed E-state index contributed by atoms with van der Waals surface area (Å²) in [5, 5.41) is 0. The summed E-state index contributed by atoms with van der Waals surface area (Å²) >= 11 is 0. The number of carbonyl (C=O) groups excluding carboxylic acids is 1. The Labute approximate surface area is 49.0 Å². The number of primary amides is 1. The van der Waals surface area contributed by atoms with Crippen LogP contribution in [0.2, 0.25) is 0 Å². The third-order valence-electron chi connectivity index (χ3n) is 0.988. The average molecular weight is 116 g/mol. The van der Waals surface area contributed by atoms with E-state index in [9.17, 15) is 4.79 Å². The van der Waals surface area contributed by atoms with Crippen molar-refractivity contribution >= 4 is 5.91 Å². The van der Waals surface area contributed by atoms with E-state index in [1.165, 1.54) is 0 Å². The van der Waals surface area contributed by atoms with Crippen LogP contribution in [0.3, 0.4) is 0 Å². The van der Waals surface area contributed by atoms with Gasteiger partial charge in [-0.3, -0.25) is 4.79 Å². The van der Waals surface area contributed by atoms with E-state index >= 15 is 0 Å². The van der Waals surface area contributed by atoms with Gasteiger partial charge in [-0.15, -0.1) is 0 Å². The van der Waals surface area contributed by atoms with Crippen LogP contribution in [0, 0.1) is 0 Å². The molecule has 0 aromatic rings. The summed E-state index contributed by atoms with van der Waals surface area (Å²) in [6.45, 7) is 1.92. The van der Waals surface area contributed by atoms with Gasteiger partial charge in [0.15, 0.2) is 0 Å². The standard InChI is InChI=1S/C5H12N2O/c1-2-4(6)3-5(7)8/h4H,2-3,6H2,1H3,(H2,7,8)/t4-/m1/s1. The Kier molecular flexibility index (Phi) is 3.19. The van der Waals surface area contributed by atoms with E-state index < -0.39 is 0 Å². The molecule has 0 saturated carbocycles. The maximum atomic E-state index is 10.1. The van der Waals surface area contributed by atoms with Crippen LogP contribution in [0.4, 0.5) is 0 Å². The maximum absolute atomic E-state index is 10.1. The maximum Gasteiger partial charge on any atom is 0.218 e. The van der Waals surface area contributed by atoms with Crippen molar-refractivity contribution in [2.45, 2.75) is 25.8 Å². The van der Waals surface area contributed by atoms with E-state index in [4.69, 9.17) is 11.5 Å². The van der Waals surface area contributed by atoms with Crippen LogP contribution in [0.1, 0.15) is 19.8 Å². The van der Waals surface area contributed by atoms with Crippen molar-refractivity contribution in [3.8, 4) is 0 Å². The summed E-state index contributed by atoms with van der Waals surface area (Å²) in [7, 11) is 0. The average Bonchev–Trinajstić information content (AvgIpc) is 1.65. The van der Waals surface area contributed by atoms with Gasteiger partial charge in [0.05, 0.1) is 0 Å². The molecule has 1 amide bonds. The summed E-state index contributed by atoms with van der Waals surface area (Å²) in [5.41, 5.74) is 10.2. The van der Waals surface area contributed by atoms with E-state index in [-0.39, 0.29) is 11.9 Å². The molecule has 0 spiro atoms.